The Kier molecular flexibility index (Phi) is 4.21. The number of aryl methyl sites for hydroxylation is 1. The van der Waals surface area contributed by atoms with E-state index in [1.54, 1.807) is 6.07 Å². The van der Waals surface area contributed by atoms with Crippen LogP contribution in [0.5, 0.6) is 0 Å². The van der Waals surface area contributed by atoms with Crippen molar-refractivity contribution in [1.29, 1.82) is 0 Å². The van der Waals surface area contributed by atoms with Crippen molar-refractivity contribution in [3.05, 3.63) is 70.8 Å². The van der Waals surface area contributed by atoms with Gasteiger partial charge >= 0.3 is 6.18 Å². The van der Waals surface area contributed by atoms with E-state index >= 15 is 0 Å². The minimum absolute atomic E-state index is 0.324. The minimum atomic E-state index is -4.28. The predicted octanol–water partition coefficient (Wildman–Crippen LogP) is 4.35. The topological polar surface area (TPSA) is 12.0 Å². The average Bonchev–Trinajstić information content (AvgIpc) is 2.52. The number of hydrogen-bond acceptors (Lipinski definition) is 1. The molecule has 1 nitrogen and oxygen atoms in total. The van der Waals surface area contributed by atoms with Crippen molar-refractivity contribution in [1.82, 2.24) is 5.32 Å². The lowest BCUT2D eigenvalue weighted by Gasteiger charge is -2.25. The molecule has 0 aliphatic heterocycles. The first-order valence-corrected chi connectivity index (χ1v) is 7.49. The van der Waals surface area contributed by atoms with Gasteiger partial charge in [-0.15, -0.1) is 0 Å². The van der Waals surface area contributed by atoms with Crippen molar-refractivity contribution < 1.29 is 13.2 Å². The van der Waals surface area contributed by atoms with E-state index < -0.39 is 11.7 Å². The van der Waals surface area contributed by atoms with Gasteiger partial charge in [-0.05, 0) is 42.0 Å². The molecule has 0 aromatic heterocycles. The Bertz CT molecular complexity index is 649. The average molecular weight is 305 g/mol. The number of halogens is 3. The monoisotopic (exact) mass is 305 g/mol. The molecule has 4 heteroatoms. The van der Waals surface area contributed by atoms with E-state index in [2.05, 4.69) is 23.5 Å². The largest absolute Gasteiger partial charge is 0.416 e. The Labute approximate surface area is 128 Å². The first-order valence-electron chi connectivity index (χ1n) is 7.49. The maximum atomic E-state index is 12.7. The molecule has 0 bridgehead atoms. The molecule has 0 radical (unpaired) electrons. The van der Waals surface area contributed by atoms with E-state index in [4.69, 9.17) is 0 Å². The number of alkyl halides is 3. The van der Waals surface area contributed by atoms with E-state index in [0.717, 1.165) is 25.3 Å². The van der Waals surface area contributed by atoms with Crippen LogP contribution in [0.2, 0.25) is 0 Å². The van der Waals surface area contributed by atoms with Gasteiger partial charge in [0.2, 0.25) is 0 Å². The van der Waals surface area contributed by atoms with Crippen molar-refractivity contribution in [2.45, 2.75) is 38.0 Å². The summed E-state index contributed by atoms with van der Waals surface area (Å²) in [5, 5.41) is 3.39. The van der Waals surface area contributed by atoms with Crippen LogP contribution in [-0.2, 0) is 25.6 Å². The van der Waals surface area contributed by atoms with Gasteiger partial charge in [-0.1, -0.05) is 42.5 Å². The zero-order valence-electron chi connectivity index (χ0n) is 12.2. The number of benzene rings is 2. The molecular formula is C18H18F3N. The normalized spacial score (nSPS) is 18.0. The van der Waals surface area contributed by atoms with Gasteiger partial charge in [0.15, 0.2) is 0 Å². The molecule has 2 aromatic rings. The highest BCUT2D eigenvalue weighted by Gasteiger charge is 2.30. The van der Waals surface area contributed by atoms with E-state index in [1.807, 2.05) is 6.07 Å². The van der Waals surface area contributed by atoms with E-state index in [1.165, 1.54) is 23.3 Å². The Morgan fingerprint density at radius 2 is 1.77 bits per heavy atom. The van der Waals surface area contributed by atoms with Crippen molar-refractivity contribution in [3.8, 4) is 0 Å². The molecular weight excluding hydrogens is 287 g/mol. The summed E-state index contributed by atoms with van der Waals surface area (Å²) in [4.78, 5) is 0. The maximum absolute atomic E-state index is 12.7. The first-order chi connectivity index (χ1) is 10.5. The zero-order chi connectivity index (χ0) is 15.6. The molecule has 1 atom stereocenters. The van der Waals surface area contributed by atoms with Crippen molar-refractivity contribution >= 4 is 0 Å². The summed E-state index contributed by atoms with van der Waals surface area (Å²) in [7, 11) is 0. The highest BCUT2D eigenvalue weighted by Crippen LogP contribution is 2.29. The molecule has 1 N–H and O–H groups in total. The second kappa shape index (κ2) is 6.13. The number of rotatable bonds is 3. The highest BCUT2D eigenvalue weighted by molar-refractivity contribution is 5.30. The van der Waals surface area contributed by atoms with Gasteiger partial charge in [0, 0.05) is 12.6 Å². The van der Waals surface area contributed by atoms with E-state index in [-0.39, 0.29) is 0 Å². The first kappa shape index (κ1) is 15.1. The molecule has 22 heavy (non-hydrogen) atoms. The SMILES string of the molecule is FC(F)(F)c1cccc(CNC2CCc3ccccc3C2)c1. The Balaban J connectivity index is 1.62. The summed E-state index contributed by atoms with van der Waals surface area (Å²) in [5.74, 6) is 0. The van der Waals surface area contributed by atoms with Crippen LogP contribution in [0.1, 0.15) is 28.7 Å². The minimum Gasteiger partial charge on any atom is -0.310 e. The van der Waals surface area contributed by atoms with Crippen molar-refractivity contribution in [2.75, 3.05) is 0 Å². The van der Waals surface area contributed by atoms with Crippen LogP contribution in [0.25, 0.3) is 0 Å². The molecule has 0 amide bonds. The summed E-state index contributed by atoms with van der Waals surface area (Å²) in [6, 6.07) is 14.2. The van der Waals surface area contributed by atoms with Gasteiger partial charge < -0.3 is 5.32 Å². The maximum Gasteiger partial charge on any atom is 0.416 e. The molecule has 0 spiro atoms. The van der Waals surface area contributed by atoms with Crippen LogP contribution < -0.4 is 5.32 Å². The fourth-order valence-electron chi connectivity index (χ4n) is 2.99. The third-order valence-corrected chi connectivity index (χ3v) is 4.20. The number of fused-ring (bicyclic) bond motifs is 1. The summed E-state index contributed by atoms with van der Waals surface area (Å²) >= 11 is 0. The number of nitrogens with one attached hydrogen (secondary N) is 1. The molecule has 116 valence electrons. The summed E-state index contributed by atoms with van der Waals surface area (Å²) in [6.07, 6.45) is -1.29. The predicted molar refractivity (Wildman–Crippen MR) is 80.5 cm³/mol. The lowest BCUT2D eigenvalue weighted by Crippen LogP contribution is -2.34. The second-order valence-corrected chi connectivity index (χ2v) is 5.79. The third-order valence-electron chi connectivity index (χ3n) is 4.20. The van der Waals surface area contributed by atoms with Gasteiger partial charge in [0.05, 0.1) is 5.56 Å². The lowest BCUT2D eigenvalue weighted by molar-refractivity contribution is -0.137. The summed E-state index contributed by atoms with van der Waals surface area (Å²) in [6.45, 7) is 0.469. The smallest absolute Gasteiger partial charge is 0.310 e. The number of hydrogen-bond donors (Lipinski definition) is 1. The Morgan fingerprint density at radius 1 is 1.00 bits per heavy atom. The Morgan fingerprint density at radius 3 is 2.55 bits per heavy atom. The Hall–Kier alpha value is -1.81. The second-order valence-electron chi connectivity index (χ2n) is 5.79. The van der Waals surface area contributed by atoms with Crippen LogP contribution >= 0.6 is 0 Å². The zero-order valence-corrected chi connectivity index (χ0v) is 12.2. The summed E-state index contributed by atoms with van der Waals surface area (Å²) < 4.78 is 38.1. The van der Waals surface area contributed by atoms with Crippen LogP contribution in [0.4, 0.5) is 13.2 Å². The fourth-order valence-corrected chi connectivity index (χ4v) is 2.99. The molecule has 1 aliphatic carbocycles. The quantitative estimate of drug-likeness (QED) is 0.889. The molecule has 1 unspecified atom stereocenters. The summed E-state index contributed by atoms with van der Waals surface area (Å²) in [5.41, 5.74) is 2.82. The fraction of sp³-hybridized carbons (Fsp3) is 0.333. The molecule has 0 fully saturated rings. The molecule has 1 aliphatic rings. The highest BCUT2D eigenvalue weighted by atomic mass is 19.4. The molecule has 0 heterocycles. The molecule has 0 saturated heterocycles. The molecule has 3 rings (SSSR count). The van der Waals surface area contributed by atoms with E-state index in [0.29, 0.717) is 18.2 Å². The van der Waals surface area contributed by atoms with Gasteiger partial charge in [-0.2, -0.15) is 13.2 Å². The van der Waals surface area contributed by atoms with Gasteiger partial charge in [-0.25, -0.2) is 0 Å². The molecule has 0 saturated carbocycles. The van der Waals surface area contributed by atoms with Crippen molar-refractivity contribution in [3.63, 3.8) is 0 Å². The van der Waals surface area contributed by atoms with Crippen LogP contribution in [0.3, 0.4) is 0 Å². The standard InChI is InChI=1S/C18H18F3N/c19-18(20,21)16-7-3-4-13(10-16)12-22-17-9-8-14-5-1-2-6-15(14)11-17/h1-7,10,17,22H,8-9,11-12H2. The molecule has 2 aromatic carbocycles. The van der Waals surface area contributed by atoms with Gasteiger partial charge in [-0.3, -0.25) is 0 Å². The van der Waals surface area contributed by atoms with Crippen LogP contribution in [0, 0.1) is 0 Å². The van der Waals surface area contributed by atoms with Crippen LogP contribution in [0.15, 0.2) is 48.5 Å². The van der Waals surface area contributed by atoms with E-state index in [9.17, 15) is 13.2 Å². The van der Waals surface area contributed by atoms with Crippen molar-refractivity contribution in [2.24, 2.45) is 0 Å². The van der Waals surface area contributed by atoms with Crippen LogP contribution in [-0.4, -0.2) is 6.04 Å². The van der Waals surface area contributed by atoms with Gasteiger partial charge in [0.1, 0.15) is 0 Å². The van der Waals surface area contributed by atoms with Gasteiger partial charge in [0.25, 0.3) is 0 Å². The lowest BCUT2D eigenvalue weighted by atomic mass is 9.88. The third kappa shape index (κ3) is 3.50.